The molecule has 15 heavy (non-hydrogen) atoms. The predicted molar refractivity (Wildman–Crippen MR) is 58.4 cm³/mol. The topological polar surface area (TPSA) is 26.3 Å². The maximum absolute atomic E-state index is 11.4. The van der Waals surface area contributed by atoms with Gasteiger partial charge in [0.1, 0.15) is 0 Å². The van der Waals surface area contributed by atoms with Gasteiger partial charge in [-0.05, 0) is 31.2 Å². The second-order valence-corrected chi connectivity index (χ2v) is 4.04. The van der Waals surface area contributed by atoms with Crippen LogP contribution in [-0.2, 0) is 16.0 Å². The number of hydrogen-bond donors (Lipinski definition) is 0. The van der Waals surface area contributed by atoms with Crippen LogP contribution in [0.2, 0.25) is 0 Å². The number of rotatable bonds is 4. The third kappa shape index (κ3) is 2.58. The zero-order chi connectivity index (χ0) is 10.7. The zero-order valence-corrected chi connectivity index (χ0v) is 8.98. The molecule has 2 heteroatoms. The van der Waals surface area contributed by atoms with Crippen molar-refractivity contribution >= 4 is 5.97 Å². The molecule has 0 unspecified atom stereocenters. The number of carbonyl (C=O) groups is 1. The van der Waals surface area contributed by atoms with E-state index in [4.69, 9.17) is 4.74 Å². The predicted octanol–water partition coefficient (Wildman–Crippen LogP) is 2.43. The lowest BCUT2D eigenvalue weighted by atomic mass is 10.1. The highest BCUT2D eigenvalue weighted by atomic mass is 16.5. The first-order valence-electron chi connectivity index (χ1n) is 5.52. The largest absolute Gasteiger partial charge is 0.466 e. The zero-order valence-electron chi connectivity index (χ0n) is 8.98. The summed E-state index contributed by atoms with van der Waals surface area (Å²) in [4.78, 5) is 11.4. The Hall–Kier alpha value is -1.31. The Bertz CT molecular complexity index is 332. The quantitative estimate of drug-likeness (QED) is 0.704. The first kappa shape index (κ1) is 10.2. The van der Waals surface area contributed by atoms with Gasteiger partial charge in [-0.2, -0.15) is 0 Å². The fourth-order valence-corrected chi connectivity index (χ4v) is 1.93. The molecular weight excluding hydrogens is 188 g/mol. The molecule has 1 aromatic carbocycles. The SMILES string of the molecule is CCOC(=O)[C@H]1C[C@@H]1Cc1ccccc1. The molecule has 2 rings (SSSR count). The molecule has 1 aromatic rings. The van der Waals surface area contributed by atoms with Crippen molar-refractivity contribution in [2.75, 3.05) is 6.61 Å². The molecule has 0 spiro atoms. The monoisotopic (exact) mass is 204 g/mol. The van der Waals surface area contributed by atoms with E-state index in [9.17, 15) is 4.79 Å². The molecule has 1 fully saturated rings. The maximum atomic E-state index is 11.4. The lowest BCUT2D eigenvalue weighted by Gasteiger charge is -2.01. The Kier molecular flexibility index (Phi) is 3.05. The summed E-state index contributed by atoms with van der Waals surface area (Å²) in [7, 11) is 0. The number of benzene rings is 1. The Morgan fingerprint density at radius 1 is 1.40 bits per heavy atom. The van der Waals surface area contributed by atoms with Crippen molar-refractivity contribution in [1.82, 2.24) is 0 Å². The summed E-state index contributed by atoms with van der Waals surface area (Å²) in [6.45, 7) is 2.35. The molecule has 0 N–H and O–H groups in total. The second kappa shape index (κ2) is 4.47. The van der Waals surface area contributed by atoms with Crippen LogP contribution < -0.4 is 0 Å². The molecule has 2 atom stereocenters. The molecule has 2 nitrogen and oxygen atoms in total. The minimum absolute atomic E-state index is 0.0153. The Balaban J connectivity index is 1.83. The first-order chi connectivity index (χ1) is 7.31. The highest BCUT2D eigenvalue weighted by Crippen LogP contribution is 2.41. The van der Waals surface area contributed by atoms with Crippen LogP contribution in [0.15, 0.2) is 30.3 Å². The number of hydrogen-bond acceptors (Lipinski definition) is 2. The third-order valence-electron chi connectivity index (χ3n) is 2.85. The molecule has 1 aliphatic carbocycles. The van der Waals surface area contributed by atoms with Crippen LogP contribution in [0.25, 0.3) is 0 Å². The molecular formula is C13H16O2. The molecule has 0 aromatic heterocycles. The molecule has 80 valence electrons. The molecule has 0 radical (unpaired) electrons. The summed E-state index contributed by atoms with van der Waals surface area (Å²) in [6.07, 6.45) is 2.00. The van der Waals surface area contributed by atoms with Crippen LogP contribution in [-0.4, -0.2) is 12.6 Å². The highest BCUT2D eigenvalue weighted by Gasteiger charge is 2.43. The van der Waals surface area contributed by atoms with E-state index in [1.165, 1.54) is 5.56 Å². The van der Waals surface area contributed by atoms with E-state index in [0.717, 1.165) is 12.8 Å². The van der Waals surface area contributed by atoms with Crippen LogP contribution in [0.3, 0.4) is 0 Å². The van der Waals surface area contributed by atoms with E-state index in [-0.39, 0.29) is 11.9 Å². The lowest BCUT2D eigenvalue weighted by molar-refractivity contribution is -0.145. The van der Waals surface area contributed by atoms with Gasteiger partial charge in [0.05, 0.1) is 12.5 Å². The summed E-state index contributed by atoms with van der Waals surface area (Å²) in [5, 5.41) is 0. The summed E-state index contributed by atoms with van der Waals surface area (Å²) in [5.41, 5.74) is 1.31. The van der Waals surface area contributed by atoms with Crippen LogP contribution in [0.1, 0.15) is 18.9 Å². The van der Waals surface area contributed by atoms with Crippen molar-refractivity contribution in [2.45, 2.75) is 19.8 Å². The minimum Gasteiger partial charge on any atom is -0.466 e. The highest BCUT2D eigenvalue weighted by molar-refractivity contribution is 5.75. The maximum Gasteiger partial charge on any atom is 0.309 e. The third-order valence-corrected chi connectivity index (χ3v) is 2.85. The molecule has 0 heterocycles. The fourth-order valence-electron chi connectivity index (χ4n) is 1.93. The van der Waals surface area contributed by atoms with Crippen LogP contribution in [0.4, 0.5) is 0 Å². The standard InChI is InChI=1S/C13H16O2/c1-2-15-13(14)12-9-11(12)8-10-6-4-3-5-7-10/h3-7,11-12H,2,8-9H2,1H3/t11-,12-/m0/s1. The minimum atomic E-state index is -0.0153. The summed E-state index contributed by atoms with van der Waals surface area (Å²) in [5.74, 6) is 0.648. The van der Waals surface area contributed by atoms with Crippen molar-refractivity contribution in [3.63, 3.8) is 0 Å². The summed E-state index contributed by atoms with van der Waals surface area (Å²) >= 11 is 0. The average Bonchev–Trinajstić information content (AvgIpc) is 2.99. The van der Waals surface area contributed by atoms with E-state index in [2.05, 4.69) is 12.1 Å². The fraction of sp³-hybridized carbons (Fsp3) is 0.462. The van der Waals surface area contributed by atoms with Crippen LogP contribution in [0, 0.1) is 11.8 Å². The van der Waals surface area contributed by atoms with Crippen molar-refractivity contribution in [1.29, 1.82) is 0 Å². The van der Waals surface area contributed by atoms with Gasteiger partial charge < -0.3 is 4.74 Å². The van der Waals surface area contributed by atoms with E-state index < -0.39 is 0 Å². The van der Waals surface area contributed by atoms with Crippen molar-refractivity contribution in [2.24, 2.45) is 11.8 Å². The van der Waals surface area contributed by atoms with Crippen LogP contribution in [0.5, 0.6) is 0 Å². The first-order valence-corrected chi connectivity index (χ1v) is 5.52. The van der Waals surface area contributed by atoms with E-state index in [1.54, 1.807) is 0 Å². The van der Waals surface area contributed by atoms with Gasteiger partial charge in [-0.3, -0.25) is 4.79 Å². The van der Waals surface area contributed by atoms with Gasteiger partial charge in [-0.25, -0.2) is 0 Å². The average molecular weight is 204 g/mol. The normalized spacial score (nSPS) is 23.5. The summed E-state index contributed by atoms with van der Waals surface area (Å²) < 4.78 is 4.99. The van der Waals surface area contributed by atoms with Gasteiger partial charge >= 0.3 is 5.97 Å². The van der Waals surface area contributed by atoms with E-state index >= 15 is 0 Å². The van der Waals surface area contributed by atoms with Crippen LogP contribution >= 0.6 is 0 Å². The second-order valence-electron chi connectivity index (χ2n) is 4.04. The lowest BCUT2D eigenvalue weighted by Crippen LogP contribution is -2.08. The van der Waals surface area contributed by atoms with Gasteiger partial charge in [-0.1, -0.05) is 30.3 Å². The molecule has 0 aliphatic heterocycles. The molecule has 1 aliphatic rings. The molecule has 0 saturated heterocycles. The number of carbonyl (C=O) groups excluding carboxylic acids is 1. The van der Waals surface area contributed by atoms with Crippen molar-refractivity contribution < 1.29 is 9.53 Å². The molecule has 0 bridgehead atoms. The van der Waals surface area contributed by atoms with Crippen molar-refractivity contribution in [3.8, 4) is 0 Å². The van der Waals surface area contributed by atoms with Gasteiger partial charge in [0, 0.05) is 0 Å². The number of esters is 1. The van der Waals surface area contributed by atoms with E-state index in [1.807, 2.05) is 25.1 Å². The van der Waals surface area contributed by atoms with Gasteiger partial charge in [-0.15, -0.1) is 0 Å². The van der Waals surface area contributed by atoms with E-state index in [0.29, 0.717) is 12.5 Å². The Morgan fingerprint density at radius 2 is 2.13 bits per heavy atom. The molecule has 1 saturated carbocycles. The van der Waals surface area contributed by atoms with Gasteiger partial charge in [0.15, 0.2) is 0 Å². The van der Waals surface area contributed by atoms with Gasteiger partial charge in [0.25, 0.3) is 0 Å². The Labute approximate surface area is 90.3 Å². The molecule has 0 amide bonds. The number of ether oxygens (including phenoxy) is 1. The van der Waals surface area contributed by atoms with Crippen molar-refractivity contribution in [3.05, 3.63) is 35.9 Å². The smallest absolute Gasteiger partial charge is 0.309 e. The Morgan fingerprint density at radius 3 is 2.80 bits per heavy atom. The summed E-state index contributed by atoms with van der Waals surface area (Å²) in [6, 6.07) is 10.3. The van der Waals surface area contributed by atoms with Gasteiger partial charge in [0.2, 0.25) is 0 Å².